The standard InChI is InChI=1S/C15H18FN3O3S.C2H6/c1-9-5-6-11(10(16)7-9)17-15-14(18-23(4)21)12(22-3)8-13(20)19(15)2;1-2/h5-8,17-18H,1-4H3;1-2H3. The van der Waals surface area contributed by atoms with Gasteiger partial charge in [-0.15, -0.1) is 0 Å². The van der Waals surface area contributed by atoms with Crippen molar-refractivity contribution in [2.75, 3.05) is 23.4 Å². The van der Waals surface area contributed by atoms with Gasteiger partial charge in [0.25, 0.3) is 5.56 Å². The summed E-state index contributed by atoms with van der Waals surface area (Å²) in [4.78, 5) is 12.0. The van der Waals surface area contributed by atoms with Crippen molar-refractivity contribution in [1.82, 2.24) is 4.57 Å². The molecule has 0 saturated heterocycles. The molecule has 2 N–H and O–H groups in total. The quantitative estimate of drug-likeness (QED) is 0.848. The van der Waals surface area contributed by atoms with Gasteiger partial charge in [-0.1, -0.05) is 19.9 Å². The van der Waals surface area contributed by atoms with Crippen molar-refractivity contribution in [2.45, 2.75) is 20.8 Å². The van der Waals surface area contributed by atoms with Gasteiger partial charge >= 0.3 is 0 Å². The van der Waals surface area contributed by atoms with Gasteiger partial charge in [0, 0.05) is 19.4 Å². The van der Waals surface area contributed by atoms with Gasteiger partial charge in [0.1, 0.15) is 28.3 Å². The molecule has 1 heterocycles. The van der Waals surface area contributed by atoms with Crippen molar-refractivity contribution in [3.63, 3.8) is 0 Å². The number of ether oxygens (including phenoxy) is 1. The fourth-order valence-electron chi connectivity index (χ4n) is 2.07. The molecule has 0 saturated carbocycles. The topological polar surface area (TPSA) is 72.4 Å². The first-order valence-electron chi connectivity index (χ1n) is 7.74. The average Bonchev–Trinajstić information content (AvgIpc) is 2.57. The largest absolute Gasteiger partial charge is 0.494 e. The molecule has 0 bridgehead atoms. The number of benzene rings is 1. The van der Waals surface area contributed by atoms with Gasteiger partial charge in [-0.3, -0.25) is 14.1 Å². The fraction of sp³-hybridized carbons (Fsp3) is 0.353. The summed E-state index contributed by atoms with van der Waals surface area (Å²) in [6.07, 6.45) is 1.45. The van der Waals surface area contributed by atoms with Crippen molar-refractivity contribution in [2.24, 2.45) is 7.05 Å². The molecule has 1 atom stereocenters. The Kier molecular flexibility index (Phi) is 7.63. The zero-order valence-electron chi connectivity index (χ0n) is 15.3. The number of rotatable bonds is 5. The third-order valence-electron chi connectivity index (χ3n) is 3.25. The van der Waals surface area contributed by atoms with Gasteiger partial charge in [-0.25, -0.2) is 8.60 Å². The van der Waals surface area contributed by atoms with Crippen LogP contribution in [0.1, 0.15) is 19.4 Å². The summed E-state index contributed by atoms with van der Waals surface area (Å²) in [7, 11) is 1.53. The molecule has 1 aromatic heterocycles. The zero-order chi connectivity index (χ0) is 19.1. The van der Waals surface area contributed by atoms with Crippen LogP contribution in [0.4, 0.5) is 21.6 Å². The molecule has 138 valence electrons. The zero-order valence-corrected chi connectivity index (χ0v) is 16.1. The highest BCUT2D eigenvalue weighted by Gasteiger charge is 2.17. The Balaban J connectivity index is 0.00000151. The monoisotopic (exact) mass is 369 g/mol. The Bertz CT molecular complexity index is 822. The molecule has 25 heavy (non-hydrogen) atoms. The number of aromatic nitrogens is 1. The minimum atomic E-state index is -1.40. The number of hydrogen-bond donors (Lipinski definition) is 2. The molecule has 0 fully saturated rings. The van der Waals surface area contributed by atoms with Crippen LogP contribution in [0.5, 0.6) is 5.75 Å². The summed E-state index contributed by atoms with van der Waals surface area (Å²) in [5.41, 5.74) is 0.948. The lowest BCUT2D eigenvalue weighted by Crippen LogP contribution is -2.21. The minimum absolute atomic E-state index is 0.198. The smallest absolute Gasteiger partial charge is 0.255 e. The van der Waals surface area contributed by atoms with E-state index in [0.29, 0.717) is 5.69 Å². The van der Waals surface area contributed by atoms with E-state index in [4.69, 9.17) is 4.74 Å². The van der Waals surface area contributed by atoms with Crippen LogP contribution >= 0.6 is 0 Å². The second-order valence-electron chi connectivity index (χ2n) is 5.00. The van der Waals surface area contributed by atoms with Crippen LogP contribution in [-0.2, 0) is 18.0 Å². The average molecular weight is 369 g/mol. The van der Waals surface area contributed by atoms with Crippen molar-refractivity contribution < 1.29 is 13.3 Å². The Hall–Kier alpha value is -2.35. The molecular weight excluding hydrogens is 345 g/mol. The summed E-state index contributed by atoms with van der Waals surface area (Å²) in [6.45, 7) is 5.78. The summed E-state index contributed by atoms with van der Waals surface area (Å²) in [6, 6.07) is 5.97. The summed E-state index contributed by atoms with van der Waals surface area (Å²) in [5.74, 6) is 0.0227. The van der Waals surface area contributed by atoms with Gasteiger partial charge in [-0.05, 0) is 24.6 Å². The van der Waals surface area contributed by atoms with E-state index in [0.717, 1.165) is 5.56 Å². The molecule has 0 radical (unpaired) electrons. The normalized spacial score (nSPS) is 11.2. The molecule has 0 aliphatic rings. The van der Waals surface area contributed by atoms with Crippen LogP contribution in [-0.4, -0.2) is 22.1 Å². The molecule has 0 aliphatic heterocycles. The molecular formula is C17H24FN3O3S. The molecule has 0 spiro atoms. The number of anilines is 3. The Morgan fingerprint density at radius 3 is 2.40 bits per heavy atom. The molecule has 6 nitrogen and oxygen atoms in total. The number of nitrogens with one attached hydrogen (secondary N) is 2. The Labute approximate surface area is 149 Å². The Morgan fingerprint density at radius 2 is 1.88 bits per heavy atom. The van der Waals surface area contributed by atoms with Crippen molar-refractivity contribution in [3.05, 3.63) is 46.0 Å². The predicted molar refractivity (Wildman–Crippen MR) is 102 cm³/mol. The maximum Gasteiger partial charge on any atom is 0.255 e. The van der Waals surface area contributed by atoms with Crippen LogP contribution in [0.25, 0.3) is 0 Å². The predicted octanol–water partition coefficient (Wildman–Crippen LogP) is 3.32. The number of methoxy groups -OCH3 is 1. The van der Waals surface area contributed by atoms with E-state index in [2.05, 4.69) is 10.0 Å². The molecule has 2 aromatic rings. The highest BCUT2D eigenvalue weighted by molar-refractivity contribution is 7.85. The SMILES string of the molecule is CC.COc1cc(=O)n(C)c(Nc2ccc(C)cc2F)c1NS(C)=O. The summed E-state index contributed by atoms with van der Waals surface area (Å²) >= 11 is 0. The highest BCUT2D eigenvalue weighted by atomic mass is 32.2. The van der Waals surface area contributed by atoms with Gasteiger partial charge in [0.2, 0.25) is 0 Å². The van der Waals surface area contributed by atoms with Gasteiger partial charge in [-0.2, -0.15) is 0 Å². The lowest BCUT2D eigenvalue weighted by Gasteiger charge is -2.19. The van der Waals surface area contributed by atoms with Gasteiger partial charge < -0.3 is 10.1 Å². The van der Waals surface area contributed by atoms with E-state index in [9.17, 15) is 13.4 Å². The first kappa shape index (κ1) is 20.7. The molecule has 8 heteroatoms. The van der Waals surface area contributed by atoms with Gasteiger partial charge in [0.15, 0.2) is 5.75 Å². The van der Waals surface area contributed by atoms with E-state index in [-0.39, 0.29) is 22.8 Å². The highest BCUT2D eigenvalue weighted by Crippen LogP contribution is 2.33. The first-order chi connectivity index (χ1) is 11.8. The van der Waals surface area contributed by atoms with Crippen LogP contribution in [0.2, 0.25) is 0 Å². The lowest BCUT2D eigenvalue weighted by atomic mass is 10.2. The lowest BCUT2D eigenvalue weighted by molar-refractivity contribution is 0.415. The third kappa shape index (κ3) is 5.06. The van der Waals surface area contributed by atoms with Crippen LogP contribution < -0.4 is 20.3 Å². The molecule has 2 rings (SSSR count). The second-order valence-corrected chi connectivity index (χ2v) is 6.11. The van der Waals surface area contributed by atoms with Crippen molar-refractivity contribution >= 4 is 28.2 Å². The summed E-state index contributed by atoms with van der Waals surface area (Å²) in [5, 5.41) is 2.87. The van der Waals surface area contributed by atoms with Gasteiger partial charge in [0.05, 0.1) is 12.8 Å². The third-order valence-corrected chi connectivity index (χ3v) is 3.74. The minimum Gasteiger partial charge on any atom is -0.494 e. The van der Waals surface area contributed by atoms with Crippen LogP contribution in [0.3, 0.4) is 0 Å². The van der Waals surface area contributed by atoms with E-state index in [1.807, 2.05) is 13.8 Å². The molecule has 0 amide bonds. The Morgan fingerprint density at radius 1 is 1.24 bits per heavy atom. The summed E-state index contributed by atoms with van der Waals surface area (Å²) < 4.78 is 34.8. The van der Waals surface area contributed by atoms with Crippen LogP contribution in [0, 0.1) is 12.7 Å². The number of pyridine rings is 1. The van der Waals surface area contributed by atoms with E-state index >= 15 is 0 Å². The molecule has 1 aromatic carbocycles. The van der Waals surface area contributed by atoms with E-state index in [1.165, 1.54) is 37.1 Å². The van der Waals surface area contributed by atoms with Crippen LogP contribution in [0.15, 0.2) is 29.1 Å². The fourth-order valence-corrected chi connectivity index (χ4v) is 2.56. The second kappa shape index (κ2) is 9.22. The maximum atomic E-state index is 14.1. The van der Waals surface area contributed by atoms with E-state index in [1.54, 1.807) is 19.1 Å². The number of halogens is 1. The number of nitrogens with zero attached hydrogens (tertiary/aromatic N) is 1. The van der Waals surface area contributed by atoms with Crippen molar-refractivity contribution in [1.29, 1.82) is 0 Å². The molecule has 1 unspecified atom stereocenters. The van der Waals surface area contributed by atoms with Crippen molar-refractivity contribution in [3.8, 4) is 5.75 Å². The first-order valence-corrected chi connectivity index (χ1v) is 9.30. The molecule has 0 aliphatic carbocycles. The number of aryl methyl sites for hydroxylation is 1. The van der Waals surface area contributed by atoms with E-state index < -0.39 is 16.8 Å². The number of hydrogen-bond acceptors (Lipinski definition) is 4. The maximum absolute atomic E-state index is 14.1.